The van der Waals surface area contributed by atoms with Gasteiger partial charge in [-0.05, 0) is 89.7 Å². The molecule has 4 heterocycles. The molecule has 228 valence electrons. The fourth-order valence-corrected chi connectivity index (χ4v) is 4.06. The molecule has 2 fully saturated rings. The molecule has 2 aromatic rings. The minimum atomic E-state index is -0.469. The molecule has 0 unspecified atom stereocenters. The molecule has 2 aliphatic heterocycles. The van der Waals surface area contributed by atoms with Gasteiger partial charge in [0.2, 0.25) is 10.6 Å². The molecule has 12 nitrogen and oxygen atoms in total. The molecule has 0 spiro atoms. The Morgan fingerprint density at radius 3 is 1.80 bits per heavy atom. The summed E-state index contributed by atoms with van der Waals surface area (Å²) in [6, 6.07) is 3.58. The van der Waals surface area contributed by atoms with Crippen molar-refractivity contribution in [2.24, 2.45) is 5.73 Å². The van der Waals surface area contributed by atoms with Crippen molar-refractivity contribution in [1.82, 2.24) is 29.7 Å². The number of nitrogens with one attached hydrogen (secondary N) is 1. The second kappa shape index (κ2) is 15.5. The Bertz CT molecular complexity index is 1130. The Kier molecular flexibility index (Phi) is 13.1. The average molecular weight is 634 g/mol. The Morgan fingerprint density at radius 2 is 1.37 bits per heavy atom. The van der Waals surface area contributed by atoms with E-state index in [1.165, 1.54) is 6.20 Å². The van der Waals surface area contributed by atoms with Crippen LogP contribution in [0.15, 0.2) is 24.5 Å². The number of anilines is 1. The van der Waals surface area contributed by atoms with Gasteiger partial charge < -0.3 is 30.3 Å². The molecular formula is C26H39Cl3N8O4. The van der Waals surface area contributed by atoms with Crippen molar-refractivity contribution < 1.29 is 19.1 Å². The van der Waals surface area contributed by atoms with Gasteiger partial charge in [-0.15, -0.1) is 0 Å². The molecule has 2 aromatic heterocycles. The summed E-state index contributed by atoms with van der Waals surface area (Å²) < 4.78 is 10.6. The predicted octanol–water partition coefficient (Wildman–Crippen LogP) is 5.29. The molecule has 0 bridgehead atoms. The second-order valence-electron chi connectivity index (χ2n) is 11.4. The molecule has 0 saturated carbocycles. The number of carbonyl (C=O) groups excluding carboxylic acids is 2. The Labute approximate surface area is 256 Å². The third kappa shape index (κ3) is 14.2. The van der Waals surface area contributed by atoms with E-state index in [0.29, 0.717) is 30.6 Å². The van der Waals surface area contributed by atoms with Crippen molar-refractivity contribution in [2.45, 2.75) is 77.7 Å². The molecule has 2 saturated heterocycles. The molecule has 0 aliphatic carbocycles. The van der Waals surface area contributed by atoms with Gasteiger partial charge in [0.05, 0.1) is 0 Å². The van der Waals surface area contributed by atoms with Gasteiger partial charge in [-0.1, -0.05) is 11.6 Å². The highest BCUT2D eigenvalue weighted by Gasteiger charge is 2.30. The summed E-state index contributed by atoms with van der Waals surface area (Å²) in [4.78, 5) is 41.9. The van der Waals surface area contributed by atoms with Crippen LogP contribution >= 0.6 is 34.8 Å². The molecule has 2 atom stereocenters. The highest BCUT2D eigenvalue weighted by molar-refractivity contribution is 6.31. The lowest BCUT2D eigenvalue weighted by molar-refractivity contribution is 0.0282. The number of hydrogen-bond donors (Lipinski definition) is 2. The maximum atomic E-state index is 11.9. The van der Waals surface area contributed by atoms with Crippen LogP contribution in [-0.4, -0.2) is 91.4 Å². The van der Waals surface area contributed by atoms with Crippen LogP contribution in [0.2, 0.25) is 15.7 Å². The van der Waals surface area contributed by atoms with Gasteiger partial charge in [-0.2, -0.15) is 0 Å². The smallest absolute Gasteiger partial charge is 0.410 e. The Balaban J connectivity index is 0.000000239. The Hall–Kier alpha value is -2.67. The van der Waals surface area contributed by atoms with Crippen LogP contribution in [0, 0.1) is 0 Å². The van der Waals surface area contributed by atoms with Gasteiger partial charge in [-0.3, -0.25) is 0 Å². The van der Waals surface area contributed by atoms with Gasteiger partial charge in [0, 0.05) is 50.7 Å². The summed E-state index contributed by atoms with van der Waals surface area (Å²) in [6.45, 7) is 13.8. The number of halogens is 3. The number of hydrogen-bond acceptors (Lipinski definition) is 10. The largest absolute Gasteiger partial charge is 0.444 e. The monoisotopic (exact) mass is 632 g/mol. The highest BCUT2D eigenvalue weighted by Crippen LogP contribution is 2.18. The minimum Gasteiger partial charge on any atom is -0.444 e. The third-order valence-corrected chi connectivity index (χ3v) is 5.86. The molecular weight excluding hydrogens is 595 g/mol. The number of rotatable bonds is 2. The van der Waals surface area contributed by atoms with Crippen LogP contribution in [-0.2, 0) is 9.47 Å². The molecule has 2 aliphatic rings. The van der Waals surface area contributed by atoms with Crippen LogP contribution < -0.4 is 11.1 Å². The minimum absolute atomic E-state index is 0.118. The lowest BCUT2D eigenvalue weighted by Crippen LogP contribution is -2.36. The van der Waals surface area contributed by atoms with E-state index in [1.807, 2.05) is 41.5 Å². The van der Waals surface area contributed by atoms with Crippen molar-refractivity contribution in [2.75, 3.05) is 31.5 Å². The standard InChI is InChI=1S/C13H19ClN4O2.C9H18N2O2.C4H2Cl2N2/c1-13(2,3)20-12(19)18-7-5-9(8-18)16-10-4-6-15-11(14)17-10;1-9(2,3)13-8(12)11-5-4-7(10)6-11;5-3-1-2-7-4(6)8-3/h4,6,9H,5,7-8H2,1-3H3,(H,15,16,17);7H,4-6,10H2,1-3H3;1-2H/t9-;7-;/m00./s1. The van der Waals surface area contributed by atoms with E-state index in [0.717, 1.165) is 19.4 Å². The van der Waals surface area contributed by atoms with Crippen molar-refractivity contribution >= 4 is 52.8 Å². The van der Waals surface area contributed by atoms with Crippen LogP contribution in [0.1, 0.15) is 54.4 Å². The fourth-order valence-electron chi connectivity index (χ4n) is 3.59. The van der Waals surface area contributed by atoms with Gasteiger partial charge in [0.25, 0.3) is 0 Å². The Morgan fingerprint density at radius 1 is 0.854 bits per heavy atom. The molecule has 15 heteroatoms. The molecule has 41 heavy (non-hydrogen) atoms. The van der Waals surface area contributed by atoms with Gasteiger partial charge in [0.15, 0.2) is 0 Å². The SMILES string of the molecule is CC(C)(C)OC(=O)N1CC[C@H](N)C1.CC(C)(C)OC(=O)N1CC[C@H](Nc2ccnc(Cl)n2)C1.Clc1ccnc(Cl)n1. The number of nitrogens with two attached hydrogens (primary N) is 1. The summed E-state index contributed by atoms with van der Waals surface area (Å²) >= 11 is 16.5. The molecule has 4 rings (SSSR count). The summed E-state index contributed by atoms with van der Waals surface area (Å²) in [7, 11) is 0. The number of aromatic nitrogens is 4. The molecule has 0 radical (unpaired) electrons. The summed E-state index contributed by atoms with van der Waals surface area (Å²) in [5, 5.41) is 3.99. The van der Waals surface area contributed by atoms with E-state index >= 15 is 0 Å². The van der Waals surface area contributed by atoms with E-state index in [4.69, 9.17) is 50.0 Å². The number of carbonyl (C=O) groups is 2. The zero-order valence-corrected chi connectivity index (χ0v) is 26.5. The third-order valence-electron chi connectivity index (χ3n) is 5.29. The van der Waals surface area contributed by atoms with Crippen molar-refractivity contribution in [3.63, 3.8) is 0 Å². The predicted molar refractivity (Wildman–Crippen MR) is 159 cm³/mol. The van der Waals surface area contributed by atoms with Crippen molar-refractivity contribution in [3.8, 4) is 0 Å². The lowest BCUT2D eigenvalue weighted by atomic mass is 10.2. The molecule has 3 N–H and O–H groups in total. The maximum Gasteiger partial charge on any atom is 0.410 e. The van der Waals surface area contributed by atoms with Gasteiger partial charge >= 0.3 is 12.2 Å². The van der Waals surface area contributed by atoms with E-state index in [9.17, 15) is 9.59 Å². The van der Waals surface area contributed by atoms with Gasteiger partial charge in [-0.25, -0.2) is 29.5 Å². The molecule has 2 amide bonds. The number of likely N-dealkylation sites (tertiary alicyclic amines) is 2. The summed E-state index contributed by atoms with van der Waals surface area (Å²) in [5.41, 5.74) is 4.79. The first-order valence-electron chi connectivity index (χ1n) is 13.1. The van der Waals surface area contributed by atoms with Crippen LogP contribution in [0.25, 0.3) is 0 Å². The summed E-state index contributed by atoms with van der Waals surface area (Å²) in [5.74, 6) is 0.668. The fraction of sp³-hybridized carbons (Fsp3) is 0.615. The van der Waals surface area contributed by atoms with Gasteiger partial charge in [0.1, 0.15) is 22.2 Å². The quantitative estimate of drug-likeness (QED) is 0.330. The van der Waals surface area contributed by atoms with Crippen molar-refractivity contribution in [1.29, 1.82) is 0 Å². The number of amides is 2. The number of ether oxygens (including phenoxy) is 2. The van der Waals surface area contributed by atoms with E-state index in [1.54, 1.807) is 28.1 Å². The normalized spacial score (nSPS) is 18.5. The second-order valence-corrected chi connectivity index (χ2v) is 12.5. The maximum absolute atomic E-state index is 11.9. The average Bonchev–Trinajstić information content (AvgIpc) is 3.47. The summed E-state index contributed by atoms with van der Waals surface area (Å²) in [6.07, 6.45) is 4.29. The zero-order chi connectivity index (χ0) is 30.8. The van der Waals surface area contributed by atoms with Crippen LogP contribution in [0.3, 0.4) is 0 Å². The van der Waals surface area contributed by atoms with Crippen LogP contribution in [0.4, 0.5) is 15.4 Å². The zero-order valence-electron chi connectivity index (χ0n) is 24.2. The van der Waals surface area contributed by atoms with Crippen LogP contribution in [0.5, 0.6) is 0 Å². The number of nitrogens with zero attached hydrogens (tertiary/aromatic N) is 6. The van der Waals surface area contributed by atoms with Crippen molar-refractivity contribution in [3.05, 3.63) is 40.2 Å². The lowest BCUT2D eigenvalue weighted by Gasteiger charge is -2.24. The topological polar surface area (TPSA) is 149 Å². The van der Waals surface area contributed by atoms with E-state index < -0.39 is 11.2 Å². The highest BCUT2D eigenvalue weighted by atomic mass is 35.5. The first-order valence-corrected chi connectivity index (χ1v) is 14.2. The molecule has 0 aromatic carbocycles. The first kappa shape index (κ1) is 34.5. The van der Waals surface area contributed by atoms with E-state index in [-0.39, 0.29) is 34.8 Å². The first-order chi connectivity index (χ1) is 19.0. The van der Waals surface area contributed by atoms with E-state index in [2.05, 4.69) is 25.3 Å².